The summed E-state index contributed by atoms with van der Waals surface area (Å²) >= 11 is 0. The fourth-order valence-electron chi connectivity index (χ4n) is 2.41. The van der Waals surface area contributed by atoms with E-state index in [2.05, 4.69) is 15.4 Å². The maximum Gasteiger partial charge on any atom is 0.332 e. The van der Waals surface area contributed by atoms with Crippen molar-refractivity contribution in [3.63, 3.8) is 0 Å². The van der Waals surface area contributed by atoms with Crippen LogP contribution >= 0.6 is 0 Å². The summed E-state index contributed by atoms with van der Waals surface area (Å²) in [6.45, 7) is 4.31. The van der Waals surface area contributed by atoms with Gasteiger partial charge in [-0.15, -0.1) is 0 Å². The highest BCUT2D eigenvalue weighted by molar-refractivity contribution is 6.01. The Morgan fingerprint density at radius 3 is 2.28 bits per heavy atom. The zero-order valence-electron chi connectivity index (χ0n) is 14.6. The Bertz CT molecular complexity index is 763. The summed E-state index contributed by atoms with van der Waals surface area (Å²) in [5.41, 5.74) is 3.96. The van der Waals surface area contributed by atoms with E-state index < -0.39 is 5.97 Å². The maximum atomic E-state index is 12.5. The van der Waals surface area contributed by atoms with Gasteiger partial charge in [0.15, 0.2) is 0 Å². The Morgan fingerprint density at radius 1 is 1.04 bits per heavy atom. The van der Waals surface area contributed by atoms with Gasteiger partial charge in [-0.3, -0.25) is 4.79 Å². The van der Waals surface area contributed by atoms with E-state index in [1.165, 1.54) is 7.11 Å². The minimum Gasteiger partial charge on any atom is -0.466 e. The third-order valence-electron chi connectivity index (χ3n) is 3.50. The first-order valence-electron chi connectivity index (χ1n) is 7.95. The summed E-state index contributed by atoms with van der Waals surface area (Å²) in [7, 11) is 1.27. The van der Waals surface area contributed by atoms with Gasteiger partial charge in [-0.25, -0.2) is 4.79 Å². The number of carbonyl (C=O) groups excluding carboxylic acids is 2. The molecule has 0 fully saturated rings. The molecule has 0 aromatic heterocycles. The monoisotopic (exact) mass is 338 g/mol. The van der Waals surface area contributed by atoms with Crippen molar-refractivity contribution in [1.29, 1.82) is 0 Å². The van der Waals surface area contributed by atoms with E-state index in [4.69, 9.17) is 0 Å². The molecule has 1 amide bonds. The Kier molecular flexibility index (Phi) is 6.34. The molecule has 25 heavy (non-hydrogen) atoms. The molecule has 0 aliphatic rings. The van der Waals surface area contributed by atoms with Crippen LogP contribution in [-0.2, 0) is 20.9 Å². The minimum atomic E-state index is -0.596. The Hall–Kier alpha value is -3.08. The predicted molar refractivity (Wildman–Crippen MR) is 97.9 cm³/mol. The number of rotatable bonds is 6. The van der Waals surface area contributed by atoms with Gasteiger partial charge in [-0.2, -0.15) is 0 Å². The Morgan fingerprint density at radius 2 is 1.68 bits per heavy atom. The lowest BCUT2D eigenvalue weighted by Gasteiger charge is -2.13. The highest BCUT2D eigenvalue weighted by atomic mass is 16.5. The van der Waals surface area contributed by atoms with E-state index in [1.54, 1.807) is 0 Å². The van der Waals surface area contributed by atoms with Crippen molar-refractivity contribution >= 4 is 17.6 Å². The van der Waals surface area contributed by atoms with Gasteiger partial charge in [-0.05, 0) is 42.7 Å². The van der Waals surface area contributed by atoms with Crippen LogP contribution < -0.4 is 10.6 Å². The van der Waals surface area contributed by atoms with Crippen molar-refractivity contribution in [1.82, 2.24) is 5.32 Å². The quantitative estimate of drug-likeness (QED) is 0.627. The maximum absolute atomic E-state index is 12.5. The van der Waals surface area contributed by atoms with E-state index in [0.717, 1.165) is 28.5 Å². The van der Waals surface area contributed by atoms with Gasteiger partial charge in [0, 0.05) is 12.2 Å². The molecule has 2 aromatic rings. The summed E-state index contributed by atoms with van der Waals surface area (Å²) in [5, 5.41) is 5.81. The number of benzene rings is 2. The second-order valence-electron chi connectivity index (χ2n) is 5.75. The zero-order chi connectivity index (χ0) is 18.2. The van der Waals surface area contributed by atoms with Crippen molar-refractivity contribution in [3.05, 3.63) is 77.0 Å². The molecule has 0 atom stereocenters. The molecule has 2 N–H and O–H groups in total. The molecule has 5 heteroatoms. The second-order valence-corrected chi connectivity index (χ2v) is 5.75. The fourth-order valence-corrected chi connectivity index (χ4v) is 2.41. The highest BCUT2D eigenvalue weighted by Crippen LogP contribution is 2.16. The number of anilines is 1. The zero-order valence-corrected chi connectivity index (χ0v) is 14.6. The molecule has 0 saturated carbocycles. The Balaban J connectivity index is 2.16. The lowest BCUT2D eigenvalue weighted by atomic mass is 10.1. The molecule has 0 spiro atoms. The molecule has 130 valence electrons. The lowest BCUT2D eigenvalue weighted by molar-refractivity contribution is -0.135. The number of amides is 1. The van der Waals surface area contributed by atoms with Crippen molar-refractivity contribution in [2.75, 3.05) is 12.4 Å². The van der Waals surface area contributed by atoms with Crippen LogP contribution in [0.25, 0.3) is 0 Å². The molecule has 5 nitrogen and oxygen atoms in total. The first-order chi connectivity index (χ1) is 12.0. The number of hydrogen-bond donors (Lipinski definition) is 2. The highest BCUT2D eigenvalue weighted by Gasteiger charge is 2.13. The van der Waals surface area contributed by atoms with Crippen LogP contribution in [0.4, 0.5) is 5.69 Å². The number of hydrogen-bond acceptors (Lipinski definition) is 4. The predicted octanol–water partition coefficient (Wildman–Crippen LogP) is 3.09. The summed E-state index contributed by atoms with van der Waals surface area (Å²) in [6, 6.07) is 15.4. The van der Waals surface area contributed by atoms with Gasteiger partial charge in [0.2, 0.25) is 0 Å². The van der Waals surface area contributed by atoms with Crippen LogP contribution in [0.1, 0.15) is 16.7 Å². The minimum absolute atomic E-state index is 0.132. The average molecular weight is 338 g/mol. The van der Waals surface area contributed by atoms with Crippen LogP contribution in [0, 0.1) is 13.8 Å². The van der Waals surface area contributed by atoms with Gasteiger partial charge in [0.25, 0.3) is 5.91 Å². The molecular weight excluding hydrogens is 316 g/mol. The number of esters is 1. The number of nitrogens with one attached hydrogen (secondary N) is 2. The van der Waals surface area contributed by atoms with Crippen molar-refractivity contribution in [2.24, 2.45) is 0 Å². The first-order valence-corrected chi connectivity index (χ1v) is 7.95. The molecule has 2 aromatic carbocycles. The smallest absolute Gasteiger partial charge is 0.332 e. The van der Waals surface area contributed by atoms with Gasteiger partial charge in [-0.1, -0.05) is 36.4 Å². The number of carbonyl (C=O) groups is 2. The van der Waals surface area contributed by atoms with E-state index in [0.29, 0.717) is 6.54 Å². The Labute approximate surface area is 147 Å². The SMILES string of the molecule is COC(=O)/C=C(\Nc1cc(C)cc(C)c1)C(=O)NCc1ccccc1. The number of ether oxygens (including phenoxy) is 1. The summed E-state index contributed by atoms with van der Waals surface area (Å²) < 4.78 is 4.64. The molecule has 0 saturated heterocycles. The molecule has 2 rings (SSSR count). The van der Waals surface area contributed by atoms with E-state index in [-0.39, 0.29) is 11.6 Å². The molecule has 0 heterocycles. The third-order valence-corrected chi connectivity index (χ3v) is 3.50. The van der Waals surface area contributed by atoms with Gasteiger partial charge in [0.05, 0.1) is 13.2 Å². The van der Waals surface area contributed by atoms with E-state index in [9.17, 15) is 9.59 Å². The normalized spacial score (nSPS) is 10.9. The largest absolute Gasteiger partial charge is 0.466 e. The molecule has 0 bridgehead atoms. The van der Waals surface area contributed by atoms with E-state index >= 15 is 0 Å². The molecule has 0 radical (unpaired) electrons. The lowest BCUT2D eigenvalue weighted by Crippen LogP contribution is -2.28. The topological polar surface area (TPSA) is 67.4 Å². The molecule has 0 aliphatic heterocycles. The average Bonchev–Trinajstić information content (AvgIpc) is 2.59. The molecular formula is C20H22N2O3. The molecule has 0 unspecified atom stereocenters. The summed E-state index contributed by atoms with van der Waals surface area (Å²) in [6.07, 6.45) is 1.15. The fraction of sp³-hybridized carbons (Fsp3) is 0.200. The van der Waals surface area contributed by atoms with Gasteiger partial charge in [0.1, 0.15) is 5.70 Å². The third kappa shape index (κ3) is 5.80. The van der Waals surface area contributed by atoms with Crippen LogP contribution in [0.3, 0.4) is 0 Å². The number of aryl methyl sites for hydroxylation is 2. The summed E-state index contributed by atoms with van der Waals surface area (Å²) in [5.74, 6) is -0.977. The van der Waals surface area contributed by atoms with Crippen molar-refractivity contribution in [2.45, 2.75) is 20.4 Å². The number of methoxy groups -OCH3 is 1. The standard InChI is InChI=1S/C20H22N2O3/c1-14-9-15(2)11-17(10-14)22-18(12-19(23)25-3)20(24)21-13-16-7-5-4-6-8-16/h4-12,22H,13H2,1-3H3,(H,21,24)/b18-12-. The van der Waals surface area contributed by atoms with Crippen molar-refractivity contribution < 1.29 is 14.3 Å². The van der Waals surface area contributed by atoms with Crippen LogP contribution in [0.15, 0.2) is 60.3 Å². The van der Waals surface area contributed by atoms with Gasteiger partial charge < -0.3 is 15.4 Å². The van der Waals surface area contributed by atoms with E-state index in [1.807, 2.05) is 62.4 Å². The van der Waals surface area contributed by atoms with Crippen LogP contribution in [0.5, 0.6) is 0 Å². The van der Waals surface area contributed by atoms with Crippen molar-refractivity contribution in [3.8, 4) is 0 Å². The summed E-state index contributed by atoms with van der Waals surface area (Å²) in [4.78, 5) is 24.1. The molecule has 0 aliphatic carbocycles. The first kappa shape index (κ1) is 18.3. The van der Waals surface area contributed by atoms with Crippen LogP contribution in [-0.4, -0.2) is 19.0 Å². The second kappa shape index (κ2) is 8.68. The van der Waals surface area contributed by atoms with Crippen LogP contribution in [0.2, 0.25) is 0 Å². The van der Waals surface area contributed by atoms with Gasteiger partial charge >= 0.3 is 5.97 Å².